The van der Waals surface area contributed by atoms with Gasteiger partial charge in [-0.2, -0.15) is 5.10 Å². The summed E-state index contributed by atoms with van der Waals surface area (Å²) < 4.78 is 10.5. The normalized spacial score (nSPS) is 16.3. The summed E-state index contributed by atoms with van der Waals surface area (Å²) in [6.45, 7) is 0. The van der Waals surface area contributed by atoms with Crippen LogP contribution in [0.15, 0.2) is 76.4 Å². The molecule has 6 nitrogen and oxygen atoms in total. The fraction of sp³-hybridized carbons (Fsp3) is 0.143. The van der Waals surface area contributed by atoms with Crippen LogP contribution in [0, 0.1) is 0 Å². The van der Waals surface area contributed by atoms with Crippen molar-refractivity contribution in [3.63, 3.8) is 0 Å². The second kappa shape index (κ2) is 6.99. The Morgan fingerprint density at radius 3 is 2.59 bits per heavy atom. The van der Waals surface area contributed by atoms with E-state index in [9.17, 15) is 9.90 Å². The number of aromatic hydroxyl groups is 1. The molecule has 3 aromatic rings. The highest BCUT2D eigenvalue weighted by Crippen LogP contribution is 2.36. The number of carbonyl (C=O) groups excluding carboxylic acids is 1. The van der Waals surface area contributed by atoms with Crippen molar-refractivity contribution in [1.29, 1.82) is 0 Å². The molecule has 2 heterocycles. The van der Waals surface area contributed by atoms with Gasteiger partial charge in [-0.05, 0) is 42.0 Å². The lowest BCUT2D eigenvalue weighted by Crippen LogP contribution is -2.26. The van der Waals surface area contributed by atoms with Crippen LogP contribution in [0.4, 0.5) is 0 Å². The van der Waals surface area contributed by atoms with Crippen LogP contribution in [0.5, 0.6) is 11.5 Å². The second-order valence-electron chi connectivity index (χ2n) is 6.18. The minimum atomic E-state index is -0.328. The number of hydrogen-bond donors (Lipinski definition) is 1. The Bertz CT molecular complexity index is 978. The van der Waals surface area contributed by atoms with Crippen molar-refractivity contribution in [1.82, 2.24) is 5.01 Å². The van der Waals surface area contributed by atoms with Gasteiger partial charge in [0.15, 0.2) is 5.76 Å². The van der Waals surface area contributed by atoms with Crippen LogP contribution in [0.25, 0.3) is 0 Å². The Morgan fingerprint density at radius 1 is 1.15 bits per heavy atom. The molecule has 1 atom stereocenters. The maximum Gasteiger partial charge on any atom is 0.310 e. The fourth-order valence-corrected chi connectivity index (χ4v) is 3.18. The van der Waals surface area contributed by atoms with E-state index >= 15 is 0 Å². The van der Waals surface area contributed by atoms with E-state index in [1.165, 1.54) is 11.3 Å². The molecule has 6 heteroatoms. The first-order valence-corrected chi connectivity index (χ1v) is 8.54. The van der Waals surface area contributed by atoms with Crippen LogP contribution in [-0.2, 0) is 0 Å². The summed E-state index contributed by atoms with van der Waals surface area (Å²) in [6.07, 6.45) is 1.94. The van der Waals surface area contributed by atoms with Crippen LogP contribution >= 0.6 is 0 Å². The Kier molecular flexibility index (Phi) is 4.38. The third-order valence-electron chi connectivity index (χ3n) is 4.57. The lowest BCUT2D eigenvalue weighted by molar-refractivity contribution is 0.0678. The number of amides is 1. The van der Waals surface area contributed by atoms with E-state index in [1.54, 1.807) is 37.4 Å². The molecule has 1 amide bonds. The molecule has 1 aliphatic rings. The highest BCUT2D eigenvalue weighted by atomic mass is 16.5. The highest BCUT2D eigenvalue weighted by molar-refractivity contribution is 6.06. The zero-order chi connectivity index (χ0) is 18.8. The first-order valence-electron chi connectivity index (χ1n) is 8.54. The van der Waals surface area contributed by atoms with E-state index in [1.807, 2.05) is 30.3 Å². The molecular formula is C21H18N2O4. The first kappa shape index (κ1) is 16.9. The molecule has 2 aromatic carbocycles. The van der Waals surface area contributed by atoms with Gasteiger partial charge in [-0.1, -0.05) is 24.3 Å². The van der Waals surface area contributed by atoms with Crippen LogP contribution in [-0.4, -0.2) is 28.8 Å². The van der Waals surface area contributed by atoms with Crippen molar-refractivity contribution in [2.45, 2.75) is 12.5 Å². The molecule has 1 aromatic heterocycles. The van der Waals surface area contributed by atoms with Gasteiger partial charge >= 0.3 is 5.91 Å². The highest BCUT2D eigenvalue weighted by Gasteiger charge is 2.35. The number of phenols is 1. The number of furan rings is 1. The Morgan fingerprint density at radius 2 is 1.93 bits per heavy atom. The summed E-state index contributed by atoms with van der Waals surface area (Å²) in [5, 5.41) is 16.1. The maximum absolute atomic E-state index is 12.9. The van der Waals surface area contributed by atoms with Crippen molar-refractivity contribution in [2.75, 3.05) is 7.11 Å². The van der Waals surface area contributed by atoms with Gasteiger partial charge in [0.1, 0.15) is 11.5 Å². The van der Waals surface area contributed by atoms with Gasteiger partial charge < -0.3 is 14.3 Å². The second-order valence-corrected chi connectivity index (χ2v) is 6.18. The number of benzene rings is 2. The number of carbonyl (C=O) groups is 1. The zero-order valence-electron chi connectivity index (χ0n) is 14.7. The van der Waals surface area contributed by atoms with Crippen molar-refractivity contribution in [3.05, 3.63) is 83.8 Å². The molecule has 0 fully saturated rings. The predicted molar refractivity (Wildman–Crippen MR) is 99.9 cm³/mol. The largest absolute Gasteiger partial charge is 0.507 e. The average molecular weight is 362 g/mol. The number of phenolic OH excluding ortho intramolecular Hbond substituents is 1. The molecule has 136 valence electrons. The quantitative estimate of drug-likeness (QED) is 0.762. The zero-order valence-corrected chi connectivity index (χ0v) is 14.7. The SMILES string of the molecule is COc1ccc(C2CC(c3ccccc3O)=NN2C(=O)c2ccco2)cc1. The predicted octanol–water partition coefficient (Wildman–Crippen LogP) is 3.99. The summed E-state index contributed by atoms with van der Waals surface area (Å²) in [5.41, 5.74) is 2.18. The molecule has 1 aliphatic heterocycles. The van der Waals surface area contributed by atoms with Crippen LogP contribution < -0.4 is 4.74 Å². The topological polar surface area (TPSA) is 75.3 Å². The van der Waals surface area contributed by atoms with E-state index in [0.717, 1.165) is 11.3 Å². The summed E-state index contributed by atoms with van der Waals surface area (Å²) in [7, 11) is 1.61. The minimum absolute atomic E-state index is 0.136. The van der Waals surface area contributed by atoms with Crippen molar-refractivity contribution >= 4 is 11.6 Å². The van der Waals surface area contributed by atoms with Gasteiger partial charge in [0.2, 0.25) is 0 Å². The fourth-order valence-electron chi connectivity index (χ4n) is 3.18. The molecule has 0 saturated carbocycles. The maximum atomic E-state index is 12.9. The van der Waals surface area contributed by atoms with E-state index in [-0.39, 0.29) is 23.5 Å². The van der Waals surface area contributed by atoms with Gasteiger partial charge in [0.05, 0.1) is 25.1 Å². The Hall–Kier alpha value is -3.54. The van der Waals surface area contributed by atoms with Gasteiger partial charge in [-0.25, -0.2) is 5.01 Å². The standard InChI is InChI=1S/C21H18N2O4/c1-26-15-10-8-14(9-11-15)18-13-17(16-5-2-3-6-19(16)24)22-23(18)21(25)20-7-4-12-27-20/h2-12,18,24H,13H2,1H3. The van der Waals surface area contributed by atoms with E-state index in [0.29, 0.717) is 17.7 Å². The smallest absolute Gasteiger partial charge is 0.310 e. The van der Waals surface area contributed by atoms with Gasteiger partial charge in [0, 0.05) is 12.0 Å². The molecule has 0 bridgehead atoms. The number of methoxy groups -OCH3 is 1. The average Bonchev–Trinajstić information content (AvgIpc) is 3.38. The molecule has 0 radical (unpaired) electrons. The van der Waals surface area contributed by atoms with E-state index in [2.05, 4.69) is 5.10 Å². The van der Waals surface area contributed by atoms with Gasteiger partial charge in [0.25, 0.3) is 0 Å². The molecule has 4 rings (SSSR count). The third-order valence-corrected chi connectivity index (χ3v) is 4.57. The molecular weight excluding hydrogens is 344 g/mol. The molecule has 27 heavy (non-hydrogen) atoms. The van der Waals surface area contributed by atoms with Gasteiger partial charge in [-0.15, -0.1) is 0 Å². The number of hydrogen-bond acceptors (Lipinski definition) is 5. The van der Waals surface area contributed by atoms with Crippen LogP contribution in [0.1, 0.15) is 34.1 Å². The minimum Gasteiger partial charge on any atom is -0.507 e. The summed E-state index contributed by atoms with van der Waals surface area (Å²) in [6, 6.07) is 17.5. The summed E-state index contributed by atoms with van der Waals surface area (Å²) in [5.74, 6) is 0.765. The molecule has 1 unspecified atom stereocenters. The Labute approximate surface area is 156 Å². The first-order chi connectivity index (χ1) is 13.2. The van der Waals surface area contributed by atoms with Gasteiger partial charge in [-0.3, -0.25) is 4.79 Å². The lowest BCUT2D eigenvalue weighted by Gasteiger charge is -2.21. The molecule has 1 N–H and O–H groups in total. The van der Waals surface area contributed by atoms with Crippen molar-refractivity contribution in [2.24, 2.45) is 5.10 Å². The number of rotatable bonds is 4. The lowest BCUT2D eigenvalue weighted by atomic mass is 9.98. The van der Waals surface area contributed by atoms with Crippen LogP contribution in [0.3, 0.4) is 0 Å². The van der Waals surface area contributed by atoms with E-state index < -0.39 is 0 Å². The van der Waals surface area contributed by atoms with E-state index in [4.69, 9.17) is 9.15 Å². The molecule has 0 spiro atoms. The van der Waals surface area contributed by atoms with Crippen molar-refractivity contribution < 1.29 is 19.1 Å². The molecule has 0 aliphatic carbocycles. The Balaban J connectivity index is 1.73. The van der Waals surface area contributed by atoms with Crippen molar-refractivity contribution in [3.8, 4) is 11.5 Å². The number of hydrazone groups is 1. The number of ether oxygens (including phenoxy) is 1. The monoisotopic (exact) mass is 362 g/mol. The summed E-state index contributed by atoms with van der Waals surface area (Å²) >= 11 is 0. The third kappa shape index (κ3) is 3.17. The number of nitrogens with zero attached hydrogens (tertiary/aromatic N) is 2. The number of para-hydroxylation sites is 1. The molecule has 0 saturated heterocycles. The summed E-state index contributed by atoms with van der Waals surface area (Å²) in [4.78, 5) is 12.9. The van der Waals surface area contributed by atoms with Crippen LogP contribution in [0.2, 0.25) is 0 Å².